The van der Waals surface area contributed by atoms with E-state index in [0.29, 0.717) is 23.4 Å². The number of aromatic nitrogens is 1. The van der Waals surface area contributed by atoms with Crippen LogP contribution >= 0.6 is 0 Å². The van der Waals surface area contributed by atoms with Gasteiger partial charge >= 0.3 is 0 Å². The molecule has 130 valence electrons. The molecule has 4 heteroatoms. The van der Waals surface area contributed by atoms with E-state index in [1.165, 1.54) is 0 Å². The second-order valence-electron chi connectivity index (χ2n) is 5.57. The van der Waals surface area contributed by atoms with Crippen molar-refractivity contribution in [2.45, 2.75) is 6.92 Å². The molecule has 1 heterocycles. The van der Waals surface area contributed by atoms with Crippen molar-refractivity contribution in [3.05, 3.63) is 96.5 Å². The maximum absolute atomic E-state index is 12.9. The van der Waals surface area contributed by atoms with E-state index in [0.717, 1.165) is 11.4 Å². The van der Waals surface area contributed by atoms with Crippen LogP contribution in [0.1, 0.15) is 23.0 Å². The van der Waals surface area contributed by atoms with E-state index < -0.39 is 0 Å². The minimum atomic E-state index is -0.0808. The molecule has 0 aliphatic carbocycles. The Labute approximate surface area is 153 Å². The number of nitrogens with one attached hydrogen (secondary N) is 1. The van der Waals surface area contributed by atoms with Gasteiger partial charge in [0.25, 0.3) is 0 Å². The third-order valence-electron chi connectivity index (χ3n) is 3.77. The van der Waals surface area contributed by atoms with Gasteiger partial charge in [-0.05, 0) is 43.3 Å². The van der Waals surface area contributed by atoms with Crippen LogP contribution in [-0.2, 0) is 0 Å². The van der Waals surface area contributed by atoms with Crippen molar-refractivity contribution in [2.24, 2.45) is 0 Å². The van der Waals surface area contributed by atoms with Crippen LogP contribution < -0.4 is 10.1 Å². The van der Waals surface area contributed by atoms with Gasteiger partial charge in [-0.15, -0.1) is 0 Å². The summed E-state index contributed by atoms with van der Waals surface area (Å²) in [6.07, 6.45) is 3.38. The zero-order valence-corrected chi connectivity index (χ0v) is 14.6. The fraction of sp³-hybridized carbons (Fsp3) is 0.0909. The molecule has 4 nitrogen and oxygen atoms in total. The van der Waals surface area contributed by atoms with Gasteiger partial charge < -0.3 is 10.1 Å². The number of benzene rings is 2. The van der Waals surface area contributed by atoms with Crippen LogP contribution in [0.3, 0.4) is 0 Å². The summed E-state index contributed by atoms with van der Waals surface area (Å²) in [6.45, 7) is 2.57. The molecular formula is C22H20N2O2. The molecule has 0 aliphatic heterocycles. The molecule has 26 heavy (non-hydrogen) atoms. The highest BCUT2D eigenvalue weighted by atomic mass is 16.5. The van der Waals surface area contributed by atoms with Crippen LogP contribution in [0.15, 0.2) is 85.2 Å². The van der Waals surface area contributed by atoms with Crippen LogP contribution in [0, 0.1) is 0 Å². The highest BCUT2D eigenvalue weighted by Crippen LogP contribution is 2.20. The van der Waals surface area contributed by atoms with Crippen LogP contribution in [-0.4, -0.2) is 17.4 Å². The Balaban J connectivity index is 1.88. The monoisotopic (exact) mass is 344 g/mol. The van der Waals surface area contributed by atoms with Gasteiger partial charge in [-0.3, -0.25) is 9.78 Å². The minimum Gasteiger partial charge on any atom is -0.494 e. The number of hydrogen-bond donors (Lipinski definition) is 1. The van der Waals surface area contributed by atoms with Gasteiger partial charge in [0.05, 0.1) is 17.9 Å². The van der Waals surface area contributed by atoms with Crippen LogP contribution in [0.4, 0.5) is 5.69 Å². The van der Waals surface area contributed by atoms with Gasteiger partial charge in [0, 0.05) is 23.6 Å². The maximum Gasteiger partial charge on any atom is 0.196 e. The van der Waals surface area contributed by atoms with Crippen molar-refractivity contribution in [2.75, 3.05) is 11.9 Å². The number of pyridine rings is 1. The molecule has 0 saturated heterocycles. The SMILES string of the molecule is CCOc1ccc(N/C=C(/C(=O)c2ccccc2)c2ccccn2)cc1. The lowest BCUT2D eigenvalue weighted by molar-refractivity contribution is 0.105. The van der Waals surface area contributed by atoms with Gasteiger partial charge in [-0.25, -0.2) is 0 Å². The predicted molar refractivity (Wildman–Crippen MR) is 104 cm³/mol. The van der Waals surface area contributed by atoms with E-state index in [2.05, 4.69) is 10.3 Å². The zero-order chi connectivity index (χ0) is 18.2. The first-order chi connectivity index (χ1) is 12.8. The number of nitrogens with zero attached hydrogens (tertiary/aromatic N) is 1. The van der Waals surface area contributed by atoms with Crippen molar-refractivity contribution in [3.8, 4) is 5.75 Å². The summed E-state index contributed by atoms with van der Waals surface area (Å²) in [5, 5.41) is 3.18. The first kappa shape index (κ1) is 17.4. The molecule has 0 fully saturated rings. The normalized spacial score (nSPS) is 11.0. The molecular weight excluding hydrogens is 324 g/mol. The highest BCUT2D eigenvalue weighted by molar-refractivity contribution is 6.28. The molecule has 1 N–H and O–H groups in total. The average Bonchev–Trinajstić information content (AvgIpc) is 2.71. The molecule has 0 amide bonds. The van der Waals surface area contributed by atoms with Gasteiger partial charge in [0.1, 0.15) is 5.75 Å². The quantitative estimate of drug-likeness (QED) is 0.493. The Bertz CT molecular complexity index is 873. The summed E-state index contributed by atoms with van der Waals surface area (Å²) in [5.41, 5.74) is 2.62. The molecule has 0 aliphatic rings. The van der Waals surface area contributed by atoms with E-state index in [4.69, 9.17) is 4.74 Å². The summed E-state index contributed by atoms with van der Waals surface area (Å²) in [5.74, 6) is 0.732. The number of hydrogen-bond acceptors (Lipinski definition) is 4. The fourth-order valence-electron chi connectivity index (χ4n) is 2.49. The lowest BCUT2D eigenvalue weighted by Crippen LogP contribution is -2.06. The summed E-state index contributed by atoms with van der Waals surface area (Å²) in [6, 6.07) is 22.3. The lowest BCUT2D eigenvalue weighted by Gasteiger charge is -2.09. The Morgan fingerprint density at radius 2 is 1.73 bits per heavy atom. The maximum atomic E-state index is 12.9. The number of ether oxygens (including phenoxy) is 1. The Kier molecular flexibility index (Phi) is 5.78. The summed E-state index contributed by atoms with van der Waals surface area (Å²) in [4.78, 5) is 17.3. The second kappa shape index (κ2) is 8.62. The number of allylic oxidation sites excluding steroid dienone is 1. The van der Waals surface area contributed by atoms with E-state index in [1.54, 1.807) is 24.5 Å². The first-order valence-electron chi connectivity index (χ1n) is 8.48. The molecule has 0 spiro atoms. The van der Waals surface area contributed by atoms with Crippen molar-refractivity contribution < 1.29 is 9.53 Å². The fourth-order valence-corrected chi connectivity index (χ4v) is 2.49. The standard InChI is InChI=1S/C22H20N2O2/c1-2-26-19-13-11-18(12-14-19)24-16-20(21-10-6-7-15-23-21)22(25)17-8-4-3-5-9-17/h3-16,24H,2H2,1H3/b20-16+. The minimum absolute atomic E-state index is 0.0808. The van der Waals surface area contributed by atoms with E-state index >= 15 is 0 Å². The van der Waals surface area contributed by atoms with Crippen LogP contribution in [0.2, 0.25) is 0 Å². The highest BCUT2D eigenvalue weighted by Gasteiger charge is 2.15. The van der Waals surface area contributed by atoms with Gasteiger partial charge in [-0.2, -0.15) is 0 Å². The molecule has 0 atom stereocenters. The molecule has 0 unspecified atom stereocenters. The largest absolute Gasteiger partial charge is 0.494 e. The Morgan fingerprint density at radius 1 is 1.00 bits per heavy atom. The molecule has 2 aromatic carbocycles. The van der Waals surface area contributed by atoms with Gasteiger partial charge in [0.2, 0.25) is 0 Å². The number of Topliss-reactive ketones (excluding diaryl/α,β-unsaturated/α-hetero) is 1. The molecule has 1 aromatic heterocycles. The average molecular weight is 344 g/mol. The third-order valence-corrected chi connectivity index (χ3v) is 3.77. The smallest absolute Gasteiger partial charge is 0.196 e. The first-order valence-corrected chi connectivity index (χ1v) is 8.48. The lowest BCUT2D eigenvalue weighted by atomic mass is 10.0. The number of anilines is 1. The molecule has 3 rings (SSSR count). The van der Waals surface area contributed by atoms with Crippen molar-refractivity contribution >= 4 is 17.0 Å². The number of rotatable bonds is 7. The van der Waals surface area contributed by atoms with Crippen LogP contribution in [0.5, 0.6) is 5.75 Å². The van der Waals surface area contributed by atoms with E-state index in [9.17, 15) is 4.79 Å². The van der Waals surface area contributed by atoms with Gasteiger partial charge in [0.15, 0.2) is 5.78 Å². The number of carbonyl (C=O) groups is 1. The summed E-state index contributed by atoms with van der Waals surface area (Å²) >= 11 is 0. The van der Waals surface area contributed by atoms with Crippen molar-refractivity contribution in [1.29, 1.82) is 0 Å². The summed E-state index contributed by atoms with van der Waals surface area (Å²) in [7, 11) is 0. The molecule has 0 saturated carbocycles. The predicted octanol–water partition coefficient (Wildman–Crippen LogP) is 4.82. The Hall–Kier alpha value is -3.40. The molecule has 3 aromatic rings. The summed E-state index contributed by atoms with van der Waals surface area (Å²) < 4.78 is 5.44. The van der Waals surface area contributed by atoms with Gasteiger partial charge in [-0.1, -0.05) is 36.4 Å². The number of ketones is 1. The topological polar surface area (TPSA) is 51.2 Å². The molecule has 0 bridgehead atoms. The van der Waals surface area contributed by atoms with Crippen LogP contribution in [0.25, 0.3) is 5.57 Å². The van der Waals surface area contributed by atoms with Crippen molar-refractivity contribution in [3.63, 3.8) is 0 Å². The van der Waals surface area contributed by atoms with E-state index in [-0.39, 0.29) is 5.78 Å². The second-order valence-corrected chi connectivity index (χ2v) is 5.57. The number of carbonyl (C=O) groups excluding carboxylic acids is 1. The van der Waals surface area contributed by atoms with Crippen molar-refractivity contribution in [1.82, 2.24) is 4.98 Å². The third kappa shape index (κ3) is 4.36. The zero-order valence-electron chi connectivity index (χ0n) is 14.6. The molecule has 0 radical (unpaired) electrons. The Morgan fingerprint density at radius 3 is 2.38 bits per heavy atom. The van der Waals surface area contributed by atoms with E-state index in [1.807, 2.05) is 67.6 Å².